The highest BCUT2D eigenvalue weighted by Crippen LogP contribution is 2.33. The van der Waals surface area contributed by atoms with Gasteiger partial charge < -0.3 is 15.2 Å². The number of phenols is 1. The van der Waals surface area contributed by atoms with Crippen LogP contribution in [0.1, 0.15) is 18.1 Å². The molecule has 2 N–H and O–H groups in total. The van der Waals surface area contributed by atoms with Crippen molar-refractivity contribution in [3.63, 3.8) is 0 Å². The monoisotopic (exact) mass is 484 g/mol. The molecule has 176 valence electrons. The Hall–Kier alpha value is -4.17. The number of aromatic hydroxyl groups is 1. The zero-order valence-electron chi connectivity index (χ0n) is 19.1. The fraction of sp³-hybridized carbons (Fsp3) is 0.148. The van der Waals surface area contributed by atoms with Crippen LogP contribution in [0.2, 0.25) is 0 Å². The lowest BCUT2D eigenvalue weighted by Gasteiger charge is -2.18. The first kappa shape index (κ1) is 22.6. The quantitative estimate of drug-likeness (QED) is 0.390. The third-order valence-corrected chi connectivity index (χ3v) is 6.48. The third-order valence-electron chi connectivity index (χ3n) is 5.63. The minimum Gasteiger partial charge on any atom is -0.507 e. The van der Waals surface area contributed by atoms with Crippen molar-refractivity contribution in [3.05, 3.63) is 94.1 Å². The van der Waals surface area contributed by atoms with Crippen LogP contribution in [0.15, 0.2) is 88.3 Å². The van der Waals surface area contributed by atoms with Gasteiger partial charge in [0, 0.05) is 23.1 Å². The number of para-hydroxylation sites is 1. The maximum atomic E-state index is 11.8. The van der Waals surface area contributed by atoms with Crippen LogP contribution in [0.3, 0.4) is 0 Å². The van der Waals surface area contributed by atoms with E-state index in [4.69, 9.17) is 14.8 Å². The SMILES string of the molecule is CC(=Nn1c(-c2ccc3c(c2)NC(=O)CO3)csc1=NCCc1ccccc1)c1ccccc1O. The summed E-state index contributed by atoms with van der Waals surface area (Å²) in [5.41, 5.74) is 4.84. The zero-order valence-corrected chi connectivity index (χ0v) is 20.0. The molecule has 5 rings (SSSR count). The Morgan fingerprint density at radius 2 is 1.91 bits per heavy atom. The topological polar surface area (TPSA) is 88.2 Å². The number of nitrogens with one attached hydrogen (secondary N) is 1. The first-order valence-corrected chi connectivity index (χ1v) is 12.1. The summed E-state index contributed by atoms with van der Waals surface area (Å²) in [7, 11) is 0. The third kappa shape index (κ3) is 5.02. The van der Waals surface area contributed by atoms with Crippen LogP contribution in [0.5, 0.6) is 11.5 Å². The fourth-order valence-corrected chi connectivity index (χ4v) is 4.71. The molecule has 1 aliphatic rings. The summed E-state index contributed by atoms with van der Waals surface area (Å²) in [5, 5.41) is 20.0. The maximum Gasteiger partial charge on any atom is 0.262 e. The Morgan fingerprint density at radius 3 is 2.74 bits per heavy atom. The molecule has 0 atom stereocenters. The molecular formula is C27H24N4O3S. The number of carbonyl (C=O) groups excluding carboxylic acids is 1. The number of benzene rings is 3. The number of amides is 1. The van der Waals surface area contributed by atoms with Gasteiger partial charge in [0.2, 0.25) is 4.80 Å². The number of rotatable bonds is 6. The van der Waals surface area contributed by atoms with Gasteiger partial charge in [0.1, 0.15) is 11.5 Å². The Morgan fingerprint density at radius 1 is 1.11 bits per heavy atom. The largest absolute Gasteiger partial charge is 0.507 e. The Kier molecular flexibility index (Phi) is 6.45. The van der Waals surface area contributed by atoms with Crippen LogP contribution >= 0.6 is 11.3 Å². The lowest BCUT2D eigenvalue weighted by molar-refractivity contribution is -0.118. The van der Waals surface area contributed by atoms with Crippen LogP contribution in [-0.4, -0.2) is 34.6 Å². The molecule has 3 aromatic carbocycles. The fourth-order valence-electron chi connectivity index (χ4n) is 3.85. The molecule has 4 aromatic rings. The molecule has 1 aromatic heterocycles. The van der Waals surface area contributed by atoms with E-state index >= 15 is 0 Å². The second kappa shape index (κ2) is 9.99. The number of hydrogen-bond donors (Lipinski definition) is 2. The first-order valence-electron chi connectivity index (χ1n) is 11.2. The van der Waals surface area contributed by atoms with Gasteiger partial charge in [-0.05, 0) is 49.2 Å². The molecule has 0 bridgehead atoms. The molecule has 0 radical (unpaired) electrons. The van der Waals surface area contributed by atoms with Crippen molar-refractivity contribution in [2.45, 2.75) is 13.3 Å². The molecule has 1 aliphatic heterocycles. The van der Waals surface area contributed by atoms with Gasteiger partial charge >= 0.3 is 0 Å². The molecule has 0 saturated heterocycles. The van der Waals surface area contributed by atoms with Crippen LogP contribution in [0.4, 0.5) is 5.69 Å². The summed E-state index contributed by atoms with van der Waals surface area (Å²) in [6.07, 6.45) is 0.818. The van der Waals surface area contributed by atoms with E-state index in [1.165, 1.54) is 16.9 Å². The second-order valence-corrected chi connectivity index (χ2v) is 8.92. The van der Waals surface area contributed by atoms with Crippen LogP contribution in [-0.2, 0) is 11.2 Å². The van der Waals surface area contributed by atoms with E-state index in [2.05, 4.69) is 17.4 Å². The molecule has 0 unspecified atom stereocenters. The van der Waals surface area contributed by atoms with Crippen LogP contribution in [0, 0.1) is 0 Å². The smallest absolute Gasteiger partial charge is 0.262 e. The lowest BCUT2D eigenvalue weighted by atomic mass is 10.1. The molecule has 8 heteroatoms. The number of anilines is 1. The van der Waals surface area contributed by atoms with Gasteiger partial charge in [-0.3, -0.25) is 9.79 Å². The highest BCUT2D eigenvalue weighted by atomic mass is 32.1. The number of phenolic OH excluding ortho intramolecular Hbond substituents is 1. The summed E-state index contributed by atoms with van der Waals surface area (Å²) in [4.78, 5) is 17.4. The van der Waals surface area contributed by atoms with E-state index < -0.39 is 0 Å². The van der Waals surface area contributed by atoms with E-state index in [0.717, 1.165) is 22.5 Å². The molecule has 1 amide bonds. The van der Waals surface area contributed by atoms with Crippen molar-refractivity contribution in [3.8, 4) is 22.8 Å². The van der Waals surface area contributed by atoms with Crippen molar-refractivity contribution in [2.75, 3.05) is 18.5 Å². The van der Waals surface area contributed by atoms with Crippen molar-refractivity contribution >= 4 is 28.6 Å². The summed E-state index contributed by atoms with van der Waals surface area (Å²) >= 11 is 1.49. The maximum absolute atomic E-state index is 11.8. The highest BCUT2D eigenvalue weighted by molar-refractivity contribution is 7.07. The van der Waals surface area contributed by atoms with Crippen molar-refractivity contribution < 1.29 is 14.6 Å². The van der Waals surface area contributed by atoms with Crippen LogP contribution in [0.25, 0.3) is 11.3 Å². The molecule has 7 nitrogen and oxygen atoms in total. The molecule has 0 saturated carbocycles. The van der Waals surface area contributed by atoms with Gasteiger partial charge in [-0.25, -0.2) is 4.68 Å². The molecular weight excluding hydrogens is 460 g/mol. The van der Waals surface area contributed by atoms with E-state index in [0.29, 0.717) is 29.3 Å². The molecule has 0 fully saturated rings. The normalized spacial score (nSPS) is 13.8. The molecule has 2 heterocycles. The van der Waals surface area contributed by atoms with Crippen LogP contribution < -0.4 is 14.9 Å². The molecule has 35 heavy (non-hydrogen) atoms. The summed E-state index contributed by atoms with van der Waals surface area (Å²) in [6.45, 7) is 2.49. The number of thiazole rings is 1. The second-order valence-electron chi connectivity index (χ2n) is 8.08. The Balaban J connectivity index is 1.56. The van der Waals surface area contributed by atoms with Gasteiger partial charge in [0.25, 0.3) is 5.91 Å². The van der Waals surface area contributed by atoms with Gasteiger partial charge in [-0.2, -0.15) is 5.10 Å². The highest BCUT2D eigenvalue weighted by Gasteiger charge is 2.18. The number of nitrogens with zero attached hydrogens (tertiary/aromatic N) is 3. The van der Waals surface area contributed by atoms with E-state index in [-0.39, 0.29) is 18.3 Å². The van der Waals surface area contributed by atoms with Crippen molar-refractivity contribution in [1.29, 1.82) is 0 Å². The predicted molar refractivity (Wildman–Crippen MR) is 138 cm³/mol. The van der Waals surface area contributed by atoms with Gasteiger partial charge in [-0.15, -0.1) is 11.3 Å². The average molecular weight is 485 g/mol. The van der Waals surface area contributed by atoms with Gasteiger partial charge in [0.05, 0.1) is 17.1 Å². The standard InChI is InChI=1S/C27H24N4O3S/c1-18(21-9-5-6-10-24(21)32)30-31-23(20-11-12-25-22(15-20)29-26(33)16-34-25)17-35-27(31)28-14-13-19-7-3-2-4-8-19/h2-12,15,17,32H,13-14,16H2,1H3,(H,29,33). The number of ether oxygens (including phenoxy) is 1. The molecule has 0 aliphatic carbocycles. The van der Waals surface area contributed by atoms with Gasteiger partial charge in [-0.1, -0.05) is 42.5 Å². The lowest BCUT2D eigenvalue weighted by Crippen LogP contribution is -2.25. The summed E-state index contributed by atoms with van der Waals surface area (Å²) in [5.74, 6) is 0.622. The van der Waals surface area contributed by atoms with E-state index in [9.17, 15) is 9.90 Å². The average Bonchev–Trinajstić information content (AvgIpc) is 3.26. The minimum absolute atomic E-state index is 0.0132. The number of carbonyl (C=O) groups is 1. The Labute approximate surface area is 206 Å². The predicted octanol–water partition coefficient (Wildman–Crippen LogP) is 4.67. The number of aromatic nitrogens is 1. The summed E-state index contributed by atoms with van der Waals surface area (Å²) < 4.78 is 7.30. The molecule has 0 spiro atoms. The number of fused-ring (bicyclic) bond motifs is 1. The first-order chi connectivity index (χ1) is 17.1. The Bertz CT molecular complexity index is 1470. The van der Waals surface area contributed by atoms with E-state index in [1.54, 1.807) is 16.8 Å². The summed E-state index contributed by atoms with van der Waals surface area (Å²) in [6, 6.07) is 23.0. The van der Waals surface area contributed by atoms with Gasteiger partial charge in [0.15, 0.2) is 6.61 Å². The van der Waals surface area contributed by atoms with E-state index in [1.807, 2.05) is 60.8 Å². The van der Waals surface area contributed by atoms with Crippen molar-refractivity contribution in [2.24, 2.45) is 10.1 Å². The zero-order chi connectivity index (χ0) is 24.2. The van der Waals surface area contributed by atoms with Crippen molar-refractivity contribution in [1.82, 2.24) is 4.68 Å². The minimum atomic E-state index is -0.183. The number of hydrogen-bond acceptors (Lipinski definition) is 6.